The zero-order valence-electron chi connectivity index (χ0n) is 10.5. The van der Waals surface area contributed by atoms with Crippen LogP contribution in [0.2, 0.25) is 0 Å². The van der Waals surface area contributed by atoms with E-state index in [-0.39, 0.29) is 12.0 Å². The van der Waals surface area contributed by atoms with E-state index >= 15 is 0 Å². The second-order valence-electron chi connectivity index (χ2n) is 4.96. The summed E-state index contributed by atoms with van der Waals surface area (Å²) in [5, 5.41) is 9.18. The van der Waals surface area contributed by atoms with Gasteiger partial charge in [0.15, 0.2) is 0 Å². The fraction of sp³-hybridized carbons (Fsp3) is 0.692. The maximum absolute atomic E-state index is 12.4. The Hall–Kier alpha value is -1.36. The summed E-state index contributed by atoms with van der Waals surface area (Å²) >= 11 is 0. The van der Waals surface area contributed by atoms with Crippen molar-refractivity contribution in [2.45, 2.75) is 25.9 Å². The molecule has 1 fully saturated rings. The van der Waals surface area contributed by atoms with E-state index in [1.807, 2.05) is 19.1 Å². The van der Waals surface area contributed by atoms with Crippen LogP contribution < -0.4 is 0 Å². The van der Waals surface area contributed by atoms with Gasteiger partial charge in [-0.1, -0.05) is 12.2 Å². The Morgan fingerprint density at radius 1 is 1.28 bits per heavy atom. The molecule has 1 heterocycles. The molecule has 18 heavy (non-hydrogen) atoms. The summed E-state index contributed by atoms with van der Waals surface area (Å²) in [7, 11) is 0. The molecule has 3 atom stereocenters. The highest BCUT2D eigenvalue weighted by Crippen LogP contribution is 2.28. The van der Waals surface area contributed by atoms with Crippen LogP contribution in [-0.4, -0.2) is 47.7 Å². The van der Waals surface area contributed by atoms with Crippen LogP contribution in [0.1, 0.15) is 19.8 Å². The van der Waals surface area contributed by atoms with E-state index in [1.54, 1.807) is 4.90 Å². The number of allylic oxidation sites excluding steroid dienone is 2. The van der Waals surface area contributed by atoms with Crippen LogP contribution >= 0.6 is 0 Å². The molecule has 1 saturated heterocycles. The van der Waals surface area contributed by atoms with Gasteiger partial charge >= 0.3 is 5.97 Å². The Morgan fingerprint density at radius 2 is 1.94 bits per heavy atom. The zero-order chi connectivity index (χ0) is 13.1. The number of morpholine rings is 1. The highest BCUT2D eigenvalue weighted by Gasteiger charge is 2.37. The molecule has 0 saturated carbocycles. The number of rotatable bonds is 2. The Labute approximate surface area is 106 Å². The van der Waals surface area contributed by atoms with Gasteiger partial charge in [0.05, 0.1) is 24.5 Å². The lowest BCUT2D eigenvalue weighted by molar-refractivity contribution is -0.153. The number of hydrogen-bond acceptors (Lipinski definition) is 3. The standard InChI is InChI=1S/C13H19NO4/c1-9-8-14(6-7-18-9)12(15)10-4-2-3-5-11(10)13(16)17/h2-3,9-11H,4-8H2,1H3,(H,16,17)/t9?,10-,11+/m1/s1. The molecule has 0 aromatic heterocycles. The van der Waals surface area contributed by atoms with Gasteiger partial charge in [0, 0.05) is 13.1 Å². The number of amides is 1. The predicted molar refractivity (Wildman–Crippen MR) is 65.0 cm³/mol. The fourth-order valence-corrected chi connectivity index (χ4v) is 2.61. The lowest BCUT2D eigenvalue weighted by Gasteiger charge is -2.35. The van der Waals surface area contributed by atoms with Crippen LogP contribution in [0.15, 0.2) is 12.2 Å². The number of ether oxygens (including phenoxy) is 1. The van der Waals surface area contributed by atoms with E-state index in [0.29, 0.717) is 32.5 Å². The Morgan fingerprint density at radius 3 is 2.56 bits per heavy atom. The molecule has 0 radical (unpaired) electrons. The lowest BCUT2D eigenvalue weighted by Crippen LogP contribution is -2.49. The first-order valence-electron chi connectivity index (χ1n) is 6.37. The van der Waals surface area contributed by atoms with Gasteiger partial charge in [0.1, 0.15) is 0 Å². The van der Waals surface area contributed by atoms with Gasteiger partial charge in [-0.15, -0.1) is 0 Å². The normalized spacial score (nSPS) is 32.3. The van der Waals surface area contributed by atoms with E-state index in [2.05, 4.69) is 0 Å². The fourth-order valence-electron chi connectivity index (χ4n) is 2.61. The molecule has 2 aliphatic rings. The molecule has 0 spiro atoms. The van der Waals surface area contributed by atoms with Crippen molar-refractivity contribution in [3.8, 4) is 0 Å². The van der Waals surface area contributed by atoms with Crippen molar-refractivity contribution < 1.29 is 19.4 Å². The molecule has 0 aromatic rings. The van der Waals surface area contributed by atoms with Crippen molar-refractivity contribution in [3.63, 3.8) is 0 Å². The second-order valence-corrected chi connectivity index (χ2v) is 4.96. The van der Waals surface area contributed by atoms with Crippen LogP contribution in [0.5, 0.6) is 0 Å². The van der Waals surface area contributed by atoms with Crippen molar-refractivity contribution in [2.24, 2.45) is 11.8 Å². The molecule has 0 bridgehead atoms. The zero-order valence-corrected chi connectivity index (χ0v) is 10.5. The minimum Gasteiger partial charge on any atom is -0.481 e. The minimum atomic E-state index is -0.876. The van der Waals surface area contributed by atoms with Gasteiger partial charge in [-0.05, 0) is 19.8 Å². The van der Waals surface area contributed by atoms with Crippen molar-refractivity contribution in [3.05, 3.63) is 12.2 Å². The van der Waals surface area contributed by atoms with Gasteiger partial charge in [-0.3, -0.25) is 9.59 Å². The molecule has 1 amide bonds. The molecule has 0 aromatic carbocycles. The number of aliphatic carboxylic acids is 1. The van der Waals surface area contributed by atoms with Crippen molar-refractivity contribution in [1.29, 1.82) is 0 Å². The number of nitrogens with zero attached hydrogens (tertiary/aromatic N) is 1. The predicted octanol–water partition coefficient (Wildman–Crippen LogP) is 0.901. The summed E-state index contributed by atoms with van der Waals surface area (Å²) in [6.45, 7) is 3.59. The van der Waals surface area contributed by atoms with Crippen LogP contribution in [0.4, 0.5) is 0 Å². The summed E-state index contributed by atoms with van der Waals surface area (Å²) < 4.78 is 5.40. The van der Waals surface area contributed by atoms with Crippen LogP contribution in [0.25, 0.3) is 0 Å². The molecule has 1 unspecified atom stereocenters. The van der Waals surface area contributed by atoms with E-state index in [4.69, 9.17) is 4.74 Å². The van der Waals surface area contributed by atoms with Gasteiger partial charge in [0.2, 0.25) is 5.91 Å². The first kappa shape index (κ1) is 13.1. The molecule has 1 N–H and O–H groups in total. The first-order valence-corrected chi connectivity index (χ1v) is 6.37. The Kier molecular flexibility index (Phi) is 4.01. The maximum atomic E-state index is 12.4. The molecule has 5 nitrogen and oxygen atoms in total. The van der Waals surface area contributed by atoms with Gasteiger partial charge < -0.3 is 14.7 Å². The molecule has 2 rings (SSSR count). The van der Waals surface area contributed by atoms with Crippen molar-refractivity contribution >= 4 is 11.9 Å². The summed E-state index contributed by atoms with van der Waals surface area (Å²) in [6.07, 6.45) is 4.77. The first-order chi connectivity index (χ1) is 8.59. The van der Waals surface area contributed by atoms with Crippen LogP contribution in [0.3, 0.4) is 0 Å². The lowest BCUT2D eigenvalue weighted by atomic mass is 9.82. The quantitative estimate of drug-likeness (QED) is 0.742. The third-order valence-corrected chi connectivity index (χ3v) is 3.62. The third kappa shape index (κ3) is 2.72. The summed E-state index contributed by atoms with van der Waals surface area (Å²) in [5.41, 5.74) is 0. The molecule has 5 heteroatoms. The molecule has 1 aliphatic heterocycles. The summed E-state index contributed by atoms with van der Waals surface area (Å²) in [6, 6.07) is 0. The Bertz CT molecular complexity index is 366. The molecular formula is C13H19NO4. The minimum absolute atomic E-state index is 0.0325. The average molecular weight is 253 g/mol. The smallest absolute Gasteiger partial charge is 0.307 e. The van der Waals surface area contributed by atoms with E-state index < -0.39 is 17.8 Å². The third-order valence-electron chi connectivity index (χ3n) is 3.62. The van der Waals surface area contributed by atoms with Gasteiger partial charge in [0.25, 0.3) is 0 Å². The SMILES string of the molecule is CC1CN(C(=O)[C@@H]2CC=CC[C@@H]2C(=O)O)CCO1. The van der Waals surface area contributed by atoms with E-state index in [0.717, 1.165) is 0 Å². The highest BCUT2D eigenvalue weighted by atomic mass is 16.5. The van der Waals surface area contributed by atoms with Crippen molar-refractivity contribution in [2.75, 3.05) is 19.7 Å². The van der Waals surface area contributed by atoms with Crippen molar-refractivity contribution in [1.82, 2.24) is 4.90 Å². The second kappa shape index (κ2) is 5.52. The molecular weight excluding hydrogens is 234 g/mol. The number of carbonyl (C=O) groups is 2. The average Bonchev–Trinajstić information content (AvgIpc) is 2.38. The highest BCUT2D eigenvalue weighted by molar-refractivity contribution is 5.85. The summed E-state index contributed by atoms with van der Waals surface area (Å²) in [5.74, 6) is -1.92. The van der Waals surface area contributed by atoms with Crippen LogP contribution in [-0.2, 0) is 14.3 Å². The number of carboxylic acids is 1. The topological polar surface area (TPSA) is 66.8 Å². The maximum Gasteiger partial charge on any atom is 0.307 e. The molecule has 1 aliphatic carbocycles. The largest absolute Gasteiger partial charge is 0.481 e. The monoisotopic (exact) mass is 253 g/mol. The number of carbonyl (C=O) groups excluding carboxylic acids is 1. The van der Waals surface area contributed by atoms with Gasteiger partial charge in [-0.2, -0.15) is 0 Å². The molecule has 100 valence electrons. The summed E-state index contributed by atoms with van der Waals surface area (Å²) in [4.78, 5) is 25.3. The van der Waals surface area contributed by atoms with Crippen LogP contribution in [0, 0.1) is 11.8 Å². The van der Waals surface area contributed by atoms with E-state index in [1.165, 1.54) is 0 Å². The Balaban J connectivity index is 2.06. The van der Waals surface area contributed by atoms with E-state index in [9.17, 15) is 14.7 Å². The number of carboxylic acid groups (broad SMARTS) is 1. The number of hydrogen-bond donors (Lipinski definition) is 1. The van der Waals surface area contributed by atoms with Gasteiger partial charge in [-0.25, -0.2) is 0 Å².